The maximum Gasteiger partial charge on any atom is 0.383 e. The lowest BCUT2D eigenvalue weighted by atomic mass is 10.2. The highest BCUT2D eigenvalue weighted by atomic mass is 16.4. The lowest BCUT2D eigenvalue weighted by Gasteiger charge is -2.00. The molecule has 1 rings (SSSR count). The largest absolute Gasteiger partial charge is 0.873 e. The topological polar surface area (TPSA) is 81.3 Å². The summed E-state index contributed by atoms with van der Waals surface area (Å²) in [7, 11) is 0. The van der Waals surface area contributed by atoms with Crippen molar-refractivity contribution < 1.29 is 24.4 Å². The SMILES string of the molecule is Cc1ccc[n+](/C(=C\[O-])C(=O)C(=O)O)c1. The highest BCUT2D eigenvalue weighted by molar-refractivity contribution is 6.47. The van der Waals surface area contributed by atoms with Crippen LogP contribution in [0.25, 0.3) is 5.70 Å². The quantitative estimate of drug-likeness (QED) is 0.301. The molecule has 0 saturated heterocycles. The maximum atomic E-state index is 11.1. The first-order chi connectivity index (χ1) is 7.06. The van der Waals surface area contributed by atoms with Crippen molar-refractivity contribution in [3.05, 3.63) is 36.4 Å². The molecular weight excluding hydrogens is 198 g/mol. The van der Waals surface area contributed by atoms with Crippen LogP contribution in [0.2, 0.25) is 0 Å². The summed E-state index contributed by atoms with van der Waals surface area (Å²) in [6.07, 6.45) is 3.18. The molecule has 0 saturated carbocycles. The predicted molar refractivity (Wildman–Crippen MR) is 48.3 cm³/mol. The van der Waals surface area contributed by atoms with Crippen LogP contribution in [0.5, 0.6) is 0 Å². The molecule has 0 amide bonds. The summed E-state index contributed by atoms with van der Waals surface area (Å²) in [6.45, 7) is 1.77. The number of Topliss-reactive ketones (excluding diaryl/α,β-unsaturated/α-hetero) is 1. The number of rotatable bonds is 3. The van der Waals surface area contributed by atoms with Crippen LogP contribution in [-0.4, -0.2) is 16.9 Å². The third-order valence-corrected chi connectivity index (χ3v) is 1.77. The van der Waals surface area contributed by atoms with Crippen LogP contribution in [-0.2, 0) is 9.59 Å². The zero-order chi connectivity index (χ0) is 11.4. The van der Waals surface area contributed by atoms with Gasteiger partial charge in [0.1, 0.15) is 0 Å². The third kappa shape index (κ3) is 2.40. The second kappa shape index (κ2) is 4.36. The molecule has 0 aliphatic rings. The van der Waals surface area contributed by atoms with Crippen LogP contribution >= 0.6 is 0 Å². The van der Waals surface area contributed by atoms with E-state index in [2.05, 4.69) is 0 Å². The molecule has 5 nitrogen and oxygen atoms in total. The molecule has 0 radical (unpaired) electrons. The monoisotopic (exact) mass is 207 g/mol. The first kappa shape index (κ1) is 10.9. The van der Waals surface area contributed by atoms with Crippen molar-refractivity contribution in [3.8, 4) is 0 Å². The average molecular weight is 207 g/mol. The number of hydrogen-bond acceptors (Lipinski definition) is 3. The summed E-state index contributed by atoms with van der Waals surface area (Å²) >= 11 is 0. The van der Waals surface area contributed by atoms with Crippen molar-refractivity contribution in [1.82, 2.24) is 0 Å². The summed E-state index contributed by atoms with van der Waals surface area (Å²) in [5.41, 5.74) is 0.404. The van der Waals surface area contributed by atoms with Gasteiger partial charge in [-0.15, -0.1) is 0 Å². The van der Waals surface area contributed by atoms with Crippen molar-refractivity contribution in [2.24, 2.45) is 0 Å². The van der Waals surface area contributed by atoms with Gasteiger partial charge in [0.2, 0.25) is 0 Å². The number of carbonyl (C=O) groups is 2. The second-order valence-electron chi connectivity index (χ2n) is 2.93. The number of ketones is 1. The summed E-state index contributed by atoms with van der Waals surface area (Å²) in [5.74, 6) is -2.87. The predicted octanol–water partition coefficient (Wildman–Crippen LogP) is -0.905. The molecule has 1 heterocycles. The van der Waals surface area contributed by atoms with Crippen LogP contribution in [0.1, 0.15) is 5.56 Å². The minimum atomic E-state index is -1.65. The first-order valence-electron chi connectivity index (χ1n) is 4.14. The number of hydrogen-bond donors (Lipinski definition) is 1. The Morgan fingerprint density at radius 2 is 2.20 bits per heavy atom. The average Bonchev–Trinajstić information content (AvgIpc) is 2.18. The molecule has 5 heteroatoms. The number of nitrogens with zero attached hydrogens (tertiary/aromatic N) is 1. The molecule has 1 N–H and O–H groups in total. The van der Waals surface area contributed by atoms with Crippen molar-refractivity contribution >= 4 is 17.4 Å². The molecule has 0 bridgehead atoms. The minimum Gasteiger partial charge on any atom is -0.873 e. The number of pyridine rings is 1. The van der Waals surface area contributed by atoms with Crippen LogP contribution in [0.3, 0.4) is 0 Å². The Hall–Kier alpha value is -2.17. The van der Waals surface area contributed by atoms with Gasteiger partial charge in [-0.3, -0.25) is 4.79 Å². The number of aromatic nitrogens is 1. The van der Waals surface area contributed by atoms with E-state index in [1.165, 1.54) is 17.0 Å². The number of carboxylic acids is 1. The van der Waals surface area contributed by atoms with E-state index in [1.807, 2.05) is 0 Å². The van der Waals surface area contributed by atoms with E-state index in [9.17, 15) is 14.7 Å². The first-order valence-corrected chi connectivity index (χ1v) is 4.14. The molecular formula is C10H9NO4. The van der Waals surface area contributed by atoms with Gasteiger partial charge in [0.25, 0.3) is 5.70 Å². The van der Waals surface area contributed by atoms with Gasteiger partial charge in [-0.25, -0.2) is 4.79 Å². The maximum absolute atomic E-state index is 11.1. The number of carboxylic acid groups (broad SMARTS) is 1. The zero-order valence-corrected chi connectivity index (χ0v) is 8.01. The highest BCUT2D eigenvalue weighted by Gasteiger charge is 2.24. The smallest absolute Gasteiger partial charge is 0.383 e. The molecule has 0 aliphatic heterocycles. The van der Waals surface area contributed by atoms with Crippen LogP contribution in [0.15, 0.2) is 30.8 Å². The zero-order valence-electron chi connectivity index (χ0n) is 8.01. The van der Waals surface area contributed by atoms with Gasteiger partial charge in [0.15, 0.2) is 12.4 Å². The molecule has 0 aliphatic carbocycles. The van der Waals surface area contributed by atoms with E-state index in [4.69, 9.17) is 5.11 Å². The molecule has 0 spiro atoms. The second-order valence-corrected chi connectivity index (χ2v) is 2.93. The van der Waals surface area contributed by atoms with Gasteiger partial charge >= 0.3 is 11.8 Å². The minimum absolute atomic E-state index is 0.232. The Labute approximate surface area is 85.9 Å². The Morgan fingerprint density at radius 1 is 1.53 bits per heavy atom. The van der Waals surface area contributed by atoms with E-state index < -0.39 is 17.4 Å². The van der Waals surface area contributed by atoms with E-state index in [1.54, 1.807) is 19.1 Å². The van der Waals surface area contributed by atoms with Gasteiger partial charge in [-0.2, -0.15) is 4.57 Å². The molecule has 0 atom stereocenters. The standard InChI is InChI=1S/C10H9NO4/c1-7-3-2-4-11(5-7)8(6-12)9(13)10(14)15/h2-6H,1H3,(H-,12,13,14,15). The molecule has 78 valence electrons. The molecule has 0 aromatic carbocycles. The van der Waals surface area contributed by atoms with Gasteiger partial charge in [-0.1, -0.05) is 6.26 Å². The Balaban J connectivity index is 3.15. The summed E-state index contributed by atoms with van der Waals surface area (Å²) in [6, 6.07) is 3.39. The van der Waals surface area contributed by atoms with Crippen molar-refractivity contribution in [1.29, 1.82) is 0 Å². The summed E-state index contributed by atoms with van der Waals surface area (Å²) < 4.78 is 1.19. The highest BCUT2D eigenvalue weighted by Crippen LogP contribution is 1.97. The fourth-order valence-corrected chi connectivity index (χ4v) is 1.08. The van der Waals surface area contributed by atoms with E-state index >= 15 is 0 Å². The number of aliphatic carboxylic acids is 1. The van der Waals surface area contributed by atoms with Gasteiger partial charge in [0.05, 0.1) is 0 Å². The Morgan fingerprint density at radius 3 is 2.67 bits per heavy atom. The molecule has 1 aromatic rings. The van der Waals surface area contributed by atoms with E-state index in [-0.39, 0.29) is 6.26 Å². The third-order valence-electron chi connectivity index (χ3n) is 1.77. The lowest BCUT2D eigenvalue weighted by molar-refractivity contribution is -0.581. The van der Waals surface area contributed by atoms with Gasteiger partial charge < -0.3 is 10.2 Å². The van der Waals surface area contributed by atoms with Gasteiger partial charge in [0, 0.05) is 11.6 Å². The molecule has 1 aromatic heterocycles. The molecule has 15 heavy (non-hydrogen) atoms. The normalized spacial score (nSPS) is 11.1. The lowest BCUT2D eigenvalue weighted by Crippen LogP contribution is -2.39. The van der Waals surface area contributed by atoms with Crippen LogP contribution in [0.4, 0.5) is 0 Å². The fourth-order valence-electron chi connectivity index (χ4n) is 1.08. The van der Waals surface area contributed by atoms with Crippen LogP contribution < -0.4 is 9.67 Å². The number of aryl methyl sites for hydroxylation is 1. The fraction of sp³-hybridized carbons (Fsp3) is 0.100. The number of carbonyl (C=O) groups excluding carboxylic acids is 1. The Bertz CT molecular complexity index is 437. The molecule has 0 fully saturated rings. The van der Waals surface area contributed by atoms with Crippen LogP contribution in [0, 0.1) is 6.92 Å². The van der Waals surface area contributed by atoms with Gasteiger partial charge in [-0.05, 0) is 13.0 Å². The molecule has 0 unspecified atom stereocenters. The van der Waals surface area contributed by atoms with E-state index in [0.29, 0.717) is 0 Å². The van der Waals surface area contributed by atoms with Crippen molar-refractivity contribution in [3.63, 3.8) is 0 Å². The van der Waals surface area contributed by atoms with E-state index in [0.717, 1.165) is 5.56 Å². The summed E-state index contributed by atoms with van der Waals surface area (Å²) in [4.78, 5) is 21.5. The Kier molecular flexibility index (Phi) is 3.17. The summed E-state index contributed by atoms with van der Waals surface area (Å²) in [5, 5.41) is 19.1. The van der Waals surface area contributed by atoms with Crippen molar-refractivity contribution in [2.45, 2.75) is 6.92 Å². The van der Waals surface area contributed by atoms with Crippen molar-refractivity contribution in [2.75, 3.05) is 0 Å².